The molecule has 1 unspecified atom stereocenters. The molecular formula is C12H25N3O2S. The fourth-order valence-electron chi connectivity index (χ4n) is 2.86. The van der Waals surface area contributed by atoms with Gasteiger partial charge in [0.15, 0.2) is 0 Å². The van der Waals surface area contributed by atoms with Crippen molar-refractivity contribution < 1.29 is 8.42 Å². The summed E-state index contributed by atoms with van der Waals surface area (Å²) in [5.41, 5.74) is 5.68. The highest BCUT2D eigenvalue weighted by Gasteiger charge is 2.33. The second-order valence-corrected chi connectivity index (χ2v) is 7.35. The van der Waals surface area contributed by atoms with E-state index in [-0.39, 0.29) is 0 Å². The molecule has 2 rings (SSSR count). The van der Waals surface area contributed by atoms with Crippen LogP contribution in [0, 0.1) is 5.92 Å². The third kappa shape index (κ3) is 3.23. The molecular weight excluding hydrogens is 250 g/mol. The SMILES string of the molecule is NCC1CCCN(S(=O)(=O)N2CCCCCC2)C1. The summed E-state index contributed by atoms with van der Waals surface area (Å²) in [6.07, 6.45) is 6.28. The minimum Gasteiger partial charge on any atom is -0.330 e. The fraction of sp³-hybridized carbons (Fsp3) is 1.00. The van der Waals surface area contributed by atoms with Crippen LogP contribution in [-0.4, -0.2) is 49.8 Å². The molecule has 2 N–H and O–H groups in total. The zero-order valence-electron chi connectivity index (χ0n) is 11.1. The van der Waals surface area contributed by atoms with Gasteiger partial charge in [0.05, 0.1) is 0 Å². The summed E-state index contributed by atoms with van der Waals surface area (Å²) in [5.74, 6) is 0.334. The van der Waals surface area contributed by atoms with Crippen molar-refractivity contribution in [3.05, 3.63) is 0 Å². The van der Waals surface area contributed by atoms with Crippen LogP contribution in [0.2, 0.25) is 0 Å². The molecule has 0 bridgehead atoms. The van der Waals surface area contributed by atoms with Gasteiger partial charge in [-0.1, -0.05) is 12.8 Å². The molecule has 0 aromatic rings. The van der Waals surface area contributed by atoms with E-state index in [0.717, 1.165) is 38.5 Å². The normalized spacial score (nSPS) is 29.1. The van der Waals surface area contributed by atoms with Gasteiger partial charge in [-0.2, -0.15) is 17.0 Å². The van der Waals surface area contributed by atoms with Crippen molar-refractivity contribution in [2.75, 3.05) is 32.7 Å². The van der Waals surface area contributed by atoms with Gasteiger partial charge in [0.2, 0.25) is 0 Å². The van der Waals surface area contributed by atoms with Crippen molar-refractivity contribution in [3.63, 3.8) is 0 Å². The number of hydrogen-bond donors (Lipinski definition) is 1. The molecule has 6 heteroatoms. The van der Waals surface area contributed by atoms with E-state index in [4.69, 9.17) is 5.73 Å². The van der Waals surface area contributed by atoms with E-state index in [2.05, 4.69) is 0 Å². The lowest BCUT2D eigenvalue weighted by Gasteiger charge is -2.34. The first kappa shape index (κ1) is 14.2. The van der Waals surface area contributed by atoms with Gasteiger partial charge < -0.3 is 5.73 Å². The molecule has 0 amide bonds. The van der Waals surface area contributed by atoms with Crippen molar-refractivity contribution in [2.45, 2.75) is 38.5 Å². The van der Waals surface area contributed by atoms with E-state index in [9.17, 15) is 8.42 Å². The van der Waals surface area contributed by atoms with Crippen LogP contribution >= 0.6 is 0 Å². The molecule has 0 radical (unpaired) electrons. The number of rotatable bonds is 3. The van der Waals surface area contributed by atoms with Crippen molar-refractivity contribution in [1.29, 1.82) is 0 Å². The summed E-state index contributed by atoms with van der Waals surface area (Å²) in [4.78, 5) is 0. The Balaban J connectivity index is 2.04. The lowest BCUT2D eigenvalue weighted by molar-refractivity contribution is 0.251. The first-order chi connectivity index (χ1) is 8.64. The van der Waals surface area contributed by atoms with E-state index in [1.54, 1.807) is 8.61 Å². The summed E-state index contributed by atoms with van der Waals surface area (Å²) >= 11 is 0. The van der Waals surface area contributed by atoms with Gasteiger partial charge in [-0.05, 0) is 38.1 Å². The summed E-state index contributed by atoms with van der Waals surface area (Å²) in [6.45, 7) is 3.23. The molecule has 5 nitrogen and oxygen atoms in total. The van der Waals surface area contributed by atoms with Crippen LogP contribution in [0.15, 0.2) is 0 Å². The Morgan fingerprint density at radius 1 is 0.944 bits per heavy atom. The van der Waals surface area contributed by atoms with Gasteiger partial charge in [0.1, 0.15) is 0 Å². The average molecular weight is 275 g/mol. The highest BCUT2D eigenvalue weighted by molar-refractivity contribution is 7.86. The second-order valence-electron chi connectivity index (χ2n) is 5.42. The van der Waals surface area contributed by atoms with Gasteiger partial charge in [-0.25, -0.2) is 0 Å². The Hall–Kier alpha value is -0.170. The Morgan fingerprint density at radius 2 is 1.56 bits per heavy atom. The van der Waals surface area contributed by atoms with Crippen LogP contribution in [0.25, 0.3) is 0 Å². The first-order valence-electron chi connectivity index (χ1n) is 7.10. The van der Waals surface area contributed by atoms with Crippen molar-refractivity contribution in [1.82, 2.24) is 8.61 Å². The monoisotopic (exact) mass is 275 g/mol. The van der Waals surface area contributed by atoms with E-state index < -0.39 is 10.2 Å². The molecule has 2 fully saturated rings. The van der Waals surface area contributed by atoms with Gasteiger partial charge in [-0.3, -0.25) is 0 Å². The zero-order chi connectivity index (χ0) is 13.0. The standard InChI is InChI=1S/C12H25N3O2S/c13-10-12-6-5-9-15(11-12)18(16,17)14-7-3-1-2-4-8-14/h12H,1-11,13H2. The molecule has 0 spiro atoms. The molecule has 1 atom stereocenters. The lowest BCUT2D eigenvalue weighted by Crippen LogP contribution is -2.49. The third-order valence-electron chi connectivity index (χ3n) is 4.03. The Morgan fingerprint density at radius 3 is 2.17 bits per heavy atom. The summed E-state index contributed by atoms with van der Waals surface area (Å²) in [7, 11) is -3.24. The van der Waals surface area contributed by atoms with E-state index >= 15 is 0 Å². The van der Waals surface area contributed by atoms with Gasteiger partial charge in [-0.15, -0.1) is 0 Å². The van der Waals surface area contributed by atoms with Crippen molar-refractivity contribution in [2.24, 2.45) is 11.7 Å². The van der Waals surface area contributed by atoms with Crippen molar-refractivity contribution in [3.8, 4) is 0 Å². The van der Waals surface area contributed by atoms with E-state index in [1.807, 2.05) is 0 Å². The maximum Gasteiger partial charge on any atom is 0.281 e. The molecule has 0 saturated carbocycles. The highest BCUT2D eigenvalue weighted by Crippen LogP contribution is 2.22. The molecule has 2 heterocycles. The van der Waals surface area contributed by atoms with Crippen LogP contribution in [-0.2, 0) is 10.2 Å². The minimum atomic E-state index is -3.24. The number of hydrogen-bond acceptors (Lipinski definition) is 3. The minimum absolute atomic E-state index is 0.334. The van der Waals surface area contributed by atoms with Crippen LogP contribution in [0.4, 0.5) is 0 Å². The lowest BCUT2D eigenvalue weighted by atomic mass is 10.0. The number of nitrogens with zero attached hydrogens (tertiary/aromatic N) is 2. The number of piperidine rings is 1. The zero-order valence-corrected chi connectivity index (χ0v) is 11.9. The highest BCUT2D eigenvalue weighted by atomic mass is 32.2. The topological polar surface area (TPSA) is 66.6 Å². The molecule has 18 heavy (non-hydrogen) atoms. The molecule has 0 aliphatic carbocycles. The average Bonchev–Trinajstić information content (AvgIpc) is 2.68. The quantitative estimate of drug-likeness (QED) is 0.827. The predicted molar refractivity (Wildman–Crippen MR) is 72.3 cm³/mol. The Bertz CT molecular complexity index is 350. The van der Waals surface area contributed by atoms with Gasteiger partial charge in [0.25, 0.3) is 10.2 Å². The Labute approximate surface area is 110 Å². The molecule has 2 aliphatic heterocycles. The maximum absolute atomic E-state index is 12.6. The van der Waals surface area contributed by atoms with E-state index in [1.165, 1.54) is 0 Å². The fourth-order valence-corrected chi connectivity index (χ4v) is 4.67. The smallest absolute Gasteiger partial charge is 0.281 e. The molecule has 2 saturated heterocycles. The van der Waals surface area contributed by atoms with Crippen molar-refractivity contribution >= 4 is 10.2 Å². The third-order valence-corrected chi connectivity index (χ3v) is 6.03. The molecule has 0 aromatic heterocycles. The first-order valence-corrected chi connectivity index (χ1v) is 8.49. The molecule has 106 valence electrons. The van der Waals surface area contributed by atoms with Crippen LogP contribution in [0.3, 0.4) is 0 Å². The summed E-state index contributed by atoms with van der Waals surface area (Å²) < 4.78 is 28.5. The van der Waals surface area contributed by atoms with Gasteiger partial charge >= 0.3 is 0 Å². The van der Waals surface area contributed by atoms with Crippen LogP contribution in [0.1, 0.15) is 38.5 Å². The molecule has 2 aliphatic rings. The Kier molecular flexibility index (Phi) is 5.00. The number of nitrogens with two attached hydrogens (primary N) is 1. The van der Waals surface area contributed by atoms with E-state index in [0.29, 0.717) is 38.6 Å². The largest absolute Gasteiger partial charge is 0.330 e. The molecule has 0 aromatic carbocycles. The summed E-state index contributed by atoms with van der Waals surface area (Å²) in [6, 6.07) is 0. The van der Waals surface area contributed by atoms with Crippen LogP contribution < -0.4 is 5.73 Å². The maximum atomic E-state index is 12.6. The summed E-state index contributed by atoms with van der Waals surface area (Å²) in [5, 5.41) is 0. The van der Waals surface area contributed by atoms with Gasteiger partial charge in [0, 0.05) is 26.2 Å². The van der Waals surface area contributed by atoms with Crippen LogP contribution in [0.5, 0.6) is 0 Å². The predicted octanol–water partition coefficient (Wildman–Crippen LogP) is 0.778. The second kappa shape index (κ2) is 6.32.